The molecule has 0 saturated carbocycles. The monoisotopic (exact) mass is 365 g/mol. The van der Waals surface area contributed by atoms with Gasteiger partial charge in [0.2, 0.25) is 0 Å². The maximum atomic E-state index is 12.5. The van der Waals surface area contributed by atoms with E-state index in [1.54, 1.807) is 4.90 Å². The van der Waals surface area contributed by atoms with Crippen LogP contribution in [0.25, 0.3) is 0 Å². The standard InChI is InChI=1S/C22H27N3O2/c1-15-8-9-19(17(3)14-15)23-21(26)22(27)25-12-10-24(11-13-25)20-7-5-6-16(2)18(20)4/h5-9,14H,10-13H2,1-4H3,(H,23,26). The number of anilines is 2. The van der Waals surface area contributed by atoms with Gasteiger partial charge in [0.15, 0.2) is 0 Å². The first-order valence-corrected chi connectivity index (χ1v) is 9.35. The van der Waals surface area contributed by atoms with Crippen molar-refractivity contribution in [2.24, 2.45) is 0 Å². The van der Waals surface area contributed by atoms with Crippen molar-refractivity contribution in [2.75, 3.05) is 36.4 Å². The number of hydrogen-bond donors (Lipinski definition) is 1. The van der Waals surface area contributed by atoms with Crippen LogP contribution in [0.4, 0.5) is 11.4 Å². The van der Waals surface area contributed by atoms with Crippen LogP contribution in [0.2, 0.25) is 0 Å². The third-order valence-corrected chi connectivity index (χ3v) is 5.31. The maximum absolute atomic E-state index is 12.5. The number of aryl methyl sites for hydroxylation is 3. The normalized spacial score (nSPS) is 14.2. The molecule has 5 heteroatoms. The Bertz CT molecular complexity index is 868. The minimum Gasteiger partial charge on any atom is -0.368 e. The number of nitrogens with zero attached hydrogens (tertiary/aromatic N) is 2. The molecule has 5 nitrogen and oxygen atoms in total. The minimum atomic E-state index is -0.567. The molecule has 1 N–H and O–H groups in total. The molecule has 27 heavy (non-hydrogen) atoms. The second-order valence-electron chi connectivity index (χ2n) is 7.27. The quantitative estimate of drug-likeness (QED) is 0.832. The van der Waals surface area contributed by atoms with Gasteiger partial charge in [-0.05, 0) is 56.5 Å². The average Bonchev–Trinajstić information content (AvgIpc) is 2.66. The van der Waals surface area contributed by atoms with Gasteiger partial charge in [0.05, 0.1) is 0 Å². The Hall–Kier alpha value is -2.82. The van der Waals surface area contributed by atoms with Gasteiger partial charge in [-0.15, -0.1) is 0 Å². The summed E-state index contributed by atoms with van der Waals surface area (Å²) in [5.74, 6) is -1.03. The molecule has 2 aromatic rings. The molecule has 142 valence electrons. The van der Waals surface area contributed by atoms with Crippen LogP contribution >= 0.6 is 0 Å². The predicted molar refractivity (Wildman–Crippen MR) is 109 cm³/mol. The Morgan fingerprint density at radius 3 is 2.26 bits per heavy atom. The lowest BCUT2D eigenvalue weighted by atomic mass is 10.1. The second kappa shape index (κ2) is 7.82. The van der Waals surface area contributed by atoms with Gasteiger partial charge in [-0.3, -0.25) is 9.59 Å². The Morgan fingerprint density at radius 2 is 1.59 bits per heavy atom. The first kappa shape index (κ1) is 19.0. The van der Waals surface area contributed by atoms with E-state index in [4.69, 9.17) is 0 Å². The summed E-state index contributed by atoms with van der Waals surface area (Å²) in [6, 6.07) is 12.0. The van der Waals surface area contributed by atoms with Crippen LogP contribution in [-0.2, 0) is 9.59 Å². The van der Waals surface area contributed by atoms with Crippen molar-refractivity contribution in [2.45, 2.75) is 27.7 Å². The second-order valence-corrected chi connectivity index (χ2v) is 7.27. The fourth-order valence-corrected chi connectivity index (χ4v) is 3.50. The SMILES string of the molecule is Cc1ccc(NC(=O)C(=O)N2CCN(c3cccc(C)c3C)CC2)c(C)c1. The largest absolute Gasteiger partial charge is 0.368 e. The Balaban J connectivity index is 1.61. The zero-order chi connectivity index (χ0) is 19.6. The van der Waals surface area contributed by atoms with E-state index in [1.807, 2.05) is 32.0 Å². The van der Waals surface area contributed by atoms with E-state index in [0.717, 1.165) is 24.2 Å². The number of rotatable bonds is 2. The van der Waals surface area contributed by atoms with Gasteiger partial charge in [-0.2, -0.15) is 0 Å². The van der Waals surface area contributed by atoms with Crippen molar-refractivity contribution < 1.29 is 9.59 Å². The molecule has 0 radical (unpaired) electrons. The van der Waals surface area contributed by atoms with E-state index in [1.165, 1.54) is 16.8 Å². The van der Waals surface area contributed by atoms with Gasteiger partial charge in [0.25, 0.3) is 0 Å². The summed E-state index contributed by atoms with van der Waals surface area (Å²) in [6.07, 6.45) is 0. The first-order chi connectivity index (χ1) is 12.9. The molecule has 1 aliphatic rings. The topological polar surface area (TPSA) is 52.7 Å². The molecule has 0 bridgehead atoms. The number of benzene rings is 2. The molecule has 1 fully saturated rings. The first-order valence-electron chi connectivity index (χ1n) is 9.35. The van der Waals surface area contributed by atoms with Gasteiger partial charge >= 0.3 is 11.8 Å². The zero-order valence-electron chi connectivity index (χ0n) is 16.5. The van der Waals surface area contributed by atoms with Crippen molar-refractivity contribution in [3.63, 3.8) is 0 Å². The van der Waals surface area contributed by atoms with Gasteiger partial charge in [-0.1, -0.05) is 29.8 Å². The molecule has 2 amide bonds. The van der Waals surface area contributed by atoms with Gasteiger partial charge in [-0.25, -0.2) is 0 Å². The molecule has 0 spiro atoms. The van der Waals surface area contributed by atoms with Crippen LogP contribution < -0.4 is 10.2 Å². The highest BCUT2D eigenvalue weighted by Crippen LogP contribution is 2.24. The lowest BCUT2D eigenvalue weighted by Gasteiger charge is -2.36. The number of carbonyl (C=O) groups excluding carboxylic acids is 2. The Morgan fingerprint density at radius 1 is 0.889 bits per heavy atom. The number of amides is 2. The zero-order valence-corrected chi connectivity index (χ0v) is 16.5. The summed E-state index contributed by atoms with van der Waals surface area (Å²) in [5.41, 5.74) is 6.51. The van der Waals surface area contributed by atoms with Gasteiger partial charge < -0.3 is 15.1 Å². The number of nitrogens with one attached hydrogen (secondary N) is 1. The summed E-state index contributed by atoms with van der Waals surface area (Å²) < 4.78 is 0. The van der Waals surface area contributed by atoms with Crippen LogP contribution in [-0.4, -0.2) is 42.9 Å². The molecule has 1 aliphatic heterocycles. The highest BCUT2D eigenvalue weighted by atomic mass is 16.2. The van der Waals surface area contributed by atoms with E-state index in [-0.39, 0.29) is 0 Å². The lowest BCUT2D eigenvalue weighted by molar-refractivity contribution is -0.143. The summed E-state index contributed by atoms with van der Waals surface area (Å²) in [6.45, 7) is 10.7. The highest BCUT2D eigenvalue weighted by molar-refractivity contribution is 6.39. The molecular weight excluding hydrogens is 338 g/mol. The smallest absolute Gasteiger partial charge is 0.313 e. The van der Waals surface area contributed by atoms with Gasteiger partial charge in [0, 0.05) is 37.6 Å². The van der Waals surface area contributed by atoms with Crippen LogP contribution in [0.3, 0.4) is 0 Å². The highest BCUT2D eigenvalue weighted by Gasteiger charge is 2.27. The number of piperazine rings is 1. The molecule has 0 unspecified atom stereocenters. The molecule has 0 aromatic heterocycles. The molecular formula is C22H27N3O2. The summed E-state index contributed by atoms with van der Waals surface area (Å²) in [4.78, 5) is 28.8. The fourth-order valence-electron chi connectivity index (χ4n) is 3.50. The van der Waals surface area contributed by atoms with E-state index < -0.39 is 11.8 Å². The van der Waals surface area contributed by atoms with Crippen molar-refractivity contribution in [1.82, 2.24) is 4.90 Å². The van der Waals surface area contributed by atoms with Crippen LogP contribution in [0, 0.1) is 27.7 Å². The lowest BCUT2D eigenvalue weighted by Crippen LogP contribution is -2.51. The van der Waals surface area contributed by atoms with Crippen LogP contribution in [0.1, 0.15) is 22.3 Å². The molecule has 1 heterocycles. The maximum Gasteiger partial charge on any atom is 0.313 e. The summed E-state index contributed by atoms with van der Waals surface area (Å²) in [7, 11) is 0. The average molecular weight is 365 g/mol. The van der Waals surface area contributed by atoms with Crippen LogP contribution in [0.5, 0.6) is 0 Å². The predicted octanol–water partition coefficient (Wildman–Crippen LogP) is 3.21. The van der Waals surface area contributed by atoms with Crippen molar-refractivity contribution in [3.8, 4) is 0 Å². The molecule has 3 rings (SSSR count). The minimum absolute atomic E-state index is 0.462. The molecule has 1 saturated heterocycles. The fraction of sp³-hybridized carbons (Fsp3) is 0.364. The molecule has 2 aromatic carbocycles. The third kappa shape index (κ3) is 4.13. The third-order valence-electron chi connectivity index (χ3n) is 5.31. The van der Waals surface area contributed by atoms with E-state index in [0.29, 0.717) is 18.8 Å². The Kier molecular flexibility index (Phi) is 5.49. The molecule has 0 atom stereocenters. The van der Waals surface area contributed by atoms with Crippen molar-refractivity contribution >= 4 is 23.2 Å². The van der Waals surface area contributed by atoms with Gasteiger partial charge in [0.1, 0.15) is 0 Å². The molecule has 0 aliphatic carbocycles. The number of carbonyl (C=O) groups is 2. The summed E-state index contributed by atoms with van der Waals surface area (Å²) >= 11 is 0. The van der Waals surface area contributed by atoms with Crippen molar-refractivity contribution in [3.05, 3.63) is 58.7 Å². The Labute approximate surface area is 161 Å². The van der Waals surface area contributed by atoms with E-state index >= 15 is 0 Å². The summed E-state index contributed by atoms with van der Waals surface area (Å²) in [5, 5.41) is 2.75. The van der Waals surface area contributed by atoms with E-state index in [2.05, 4.69) is 42.3 Å². The van der Waals surface area contributed by atoms with E-state index in [9.17, 15) is 9.59 Å². The number of hydrogen-bond acceptors (Lipinski definition) is 3. The van der Waals surface area contributed by atoms with Crippen LogP contribution in [0.15, 0.2) is 36.4 Å². The van der Waals surface area contributed by atoms with Crippen molar-refractivity contribution in [1.29, 1.82) is 0 Å².